The lowest BCUT2D eigenvalue weighted by molar-refractivity contribution is 0.311. The lowest BCUT2D eigenvalue weighted by Gasteiger charge is -2.06. The second-order valence-corrected chi connectivity index (χ2v) is 7.21. The molecule has 0 heterocycles. The Morgan fingerprint density at radius 2 is 1.65 bits per heavy atom. The lowest BCUT2D eigenvalue weighted by atomic mass is 10.1. The van der Waals surface area contributed by atoms with E-state index < -0.39 is 0 Å². The average molecular weight is 396 g/mol. The lowest BCUT2D eigenvalue weighted by Crippen LogP contribution is -1.99. The smallest absolute Gasteiger partial charge is 0.119 e. The number of halogens is 2. The quantitative estimate of drug-likeness (QED) is 0.562. The maximum absolute atomic E-state index is 5.74. The van der Waals surface area contributed by atoms with Crippen molar-refractivity contribution in [1.29, 1.82) is 0 Å². The van der Waals surface area contributed by atoms with E-state index in [0.717, 1.165) is 34.2 Å². The third-order valence-electron chi connectivity index (χ3n) is 2.88. The van der Waals surface area contributed by atoms with Crippen molar-refractivity contribution < 1.29 is 4.74 Å². The van der Waals surface area contributed by atoms with Crippen molar-refractivity contribution >= 4 is 37.9 Å². The number of ether oxygens (including phenoxy) is 1. The van der Waals surface area contributed by atoms with Crippen molar-refractivity contribution in [2.45, 2.75) is 12.8 Å². The first-order chi connectivity index (χ1) is 9.74. The molecular weight excluding hydrogens is 380 g/mol. The molecule has 0 aliphatic rings. The number of hydrogen-bond acceptors (Lipinski definition) is 1. The van der Waals surface area contributed by atoms with Gasteiger partial charge in [0, 0.05) is 0 Å². The Bertz CT molecular complexity index is 543. The molecule has 0 aromatic heterocycles. The standard InChI is InChI=1S/C17H16Br2O/c18-17(19)13-15-8-10-16(11-9-15)20-12-4-7-14-5-2-1-3-6-14/h1-3,5-6,8-11,13H,4,7,12H2. The summed E-state index contributed by atoms with van der Waals surface area (Å²) in [5.74, 6) is 0.918. The van der Waals surface area contributed by atoms with Gasteiger partial charge in [0.1, 0.15) is 5.75 Å². The van der Waals surface area contributed by atoms with E-state index in [9.17, 15) is 0 Å². The highest BCUT2D eigenvalue weighted by atomic mass is 79.9. The average Bonchev–Trinajstić information content (AvgIpc) is 2.46. The minimum atomic E-state index is 0.742. The molecule has 0 unspecified atom stereocenters. The van der Waals surface area contributed by atoms with Crippen LogP contribution in [0.15, 0.2) is 58.0 Å². The molecule has 0 saturated heterocycles. The van der Waals surface area contributed by atoms with Gasteiger partial charge in [-0.15, -0.1) is 0 Å². The molecule has 0 amide bonds. The molecule has 104 valence electrons. The van der Waals surface area contributed by atoms with Crippen molar-refractivity contribution in [1.82, 2.24) is 0 Å². The fraction of sp³-hybridized carbons (Fsp3) is 0.176. The Labute approximate surface area is 136 Å². The van der Waals surface area contributed by atoms with Gasteiger partial charge >= 0.3 is 0 Å². The van der Waals surface area contributed by atoms with Gasteiger partial charge in [-0.2, -0.15) is 0 Å². The summed E-state index contributed by atoms with van der Waals surface area (Å²) in [5.41, 5.74) is 2.49. The first-order valence-electron chi connectivity index (χ1n) is 6.53. The molecule has 20 heavy (non-hydrogen) atoms. The summed E-state index contributed by atoms with van der Waals surface area (Å²) in [7, 11) is 0. The molecule has 0 spiro atoms. The number of hydrogen-bond donors (Lipinski definition) is 0. The first-order valence-corrected chi connectivity index (χ1v) is 8.12. The maximum Gasteiger partial charge on any atom is 0.119 e. The number of benzene rings is 2. The van der Waals surface area contributed by atoms with Crippen LogP contribution >= 0.6 is 31.9 Å². The normalized spacial score (nSPS) is 10.1. The Kier molecular flexibility index (Phi) is 6.34. The number of aryl methyl sites for hydroxylation is 1. The SMILES string of the molecule is BrC(Br)=Cc1ccc(OCCCc2ccccc2)cc1. The van der Waals surface area contributed by atoms with Crippen molar-refractivity contribution in [2.75, 3.05) is 6.61 Å². The molecule has 2 aromatic carbocycles. The van der Waals surface area contributed by atoms with E-state index in [1.54, 1.807) is 0 Å². The summed E-state index contributed by atoms with van der Waals surface area (Å²) in [6, 6.07) is 18.6. The zero-order valence-corrected chi connectivity index (χ0v) is 14.2. The molecule has 0 N–H and O–H groups in total. The van der Waals surface area contributed by atoms with Crippen LogP contribution in [0.1, 0.15) is 17.5 Å². The highest BCUT2D eigenvalue weighted by Gasteiger charge is 1.96. The molecule has 0 fully saturated rings. The monoisotopic (exact) mass is 394 g/mol. The topological polar surface area (TPSA) is 9.23 Å². The molecule has 2 aromatic rings. The van der Waals surface area contributed by atoms with E-state index in [0.29, 0.717) is 0 Å². The van der Waals surface area contributed by atoms with Gasteiger partial charge in [-0.25, -0.2) is 0 Å². The van der Waals surface area contributed by atoms with Gasteiger partial charge in [-0.3, -0.25) is 0 Å². The van der Waals surface area contributed by atoms with Crippen LogP contribution in [-0.2, 0) is 6.42 Å². The van der Waals surface area contributed by atoms with Crippen LogP contribution in [0.4, 0.5) is 0 Å². The molecule has 0 bridgehead atoms. The van der Waals surface area contributed by atoms with E-state index in [1.165, 1.54) is 5.56 Å². The Morgan fingerprint density at radius 1 is 0.950 bits per heavy atom. The zero-order valence-electron chi connectivity index (χ0n) is 11.1. The minimum absolute atomic E-state index is 0.742. The molecule has 0 aliphatic heterocycles. The van der Waals surface area contributed by atoms with E-state index >= 15 is 0 Å². The molecule has 0 atom stereocenters. The van der Waals surface area contributed by atoms with Crippen molar-refractivity contribution in [2.24, 2.45) is 0 Å². The molecular formula is C17H16Br2O. The predicted octanol–water partition coefficient (Wildman–Crippen LogP) is 5.79. The van der Waals surface area contributed by atoms with Crippen molar-refractivity contribution in [3.05, 3.63) is 69.1 Å². The Balaban J connectivity index is 1.76. The summed E-state index contributed by atoms with van der Waals surface area (Å²) in [6.07, 6.45) is 4.08. The summed E-state index contributed by atoms with van der Waals surface area (Å²) in [6.45, 7) is 0.742. The van der Waals surface area contributed by atoms with Gasteiger partial charge in [-0.05, 0) is 74.0 Å². The molecule has 3 heteroatoms. The summed E-state index contributed by atoms with van der Waals surface area (Å²) in [5, 5.41) is 0. The van der Waals surface area contributed by atoms with Crippen LogP contribution in [0.3, 0.4) is 0 Å². The molecule has 2 rings (SSSR count). The van der Waals surface area contributed by atoms with Crippen LogP contribution in [-0.4, -0.2) is 6.61 Å². The van der Waals surface area contributed by atoms with Gasteiger partial charge < -0.3 is 4.74 Å². The van der Waals surface area contributed by atoms with Crippen LogP contribution in [0.2, 0.25) is 0 Å². The number of rotatable bonds is 6. The summed E-state index contributed by atoms with van der Waals surface area (Å²) < 4.78 is 6.68. The van der Waals surface area contributed by atoms with Crippen molar-refractivity contribution in [3.63, 3.8) is 0 Å². The molecule has 0 aliphatic carbocycles. The first kappa shape index (κ1) is 15.3. The fourth-order valence-electron chi connectivity index (χ4n) is 1.90. The third-order valence-corrected chi connectivity index (χ3v) is 3.34. The van der Waals surface area contributed by atoms with E-state index in [-0.39, 0.29) is 0 Å². The molecule has 0 saturated carbocycles. The minimum Gasteiger partial charge on any atom is -0.494 e. The maximum atomic E-state index is 5.74. The highest BCUT2D eigenvalue weighted by molar-refractivity contribution is 9.28. The van der Waals surface area contributed by atoms with Gasteiger partial charge in [0.2, 0.25) is 0 Å². The summed E-state index contributed by atoms with van der Waals surface area (Å²) >= 11 is 6.70. The second kappa shape index (κ2) is 8.28. The highest BCUT2D eigenvalue weighted by Crippen LogP contribution is 2.20. The predicted molar refractivity (Wildman–Crippen MR) is 92.5 cm³/mol. The second-order valence-electron chi connectivity index (χ2n) is 4.44. The Hall–Kier alpha value is -1.06. The van der Waals surface area contributed by atoms with E-state index in [1.807, 2.05) is 36.4 Å². The van der Waals surface area contributed by atoms with Crippen LogP contribution < -0.4 is 4.74 Å². The van der Waals surface area contributed by atoms with Gasteiger partial charge in [0.25, 0.3) is 0 Å². The zero-order chi connectivity index (χ0) is 14.2. The van der Waals surface area contributed by atoms with Gasteiger partial charge in [-0.1, -0.05) is 42.5 Å². The Morgan fingerprint density at radius 3 is 2.30 bits per heavy atom. The molecule has 0 radical (unpaired) electrons. The van der Waals surface area contributed by atoms with Crippen LogP contribution in [0.25, 0.3) is 6.08 Å². The van der Waals surface area contributed by atoms with Crippen LogP contribution in [0.5, 0.6) is 5.75 Å². The van der Waals surface area contributed by atoms with Gasteiger partial charge in [0.05, 0.1) is 10.00 Å². The molecule has 1 nitrogen and oxygen atoms in total. The van der Waals surface area contributed by atoms with Crippen molar-refractivity contribution in [3.8, 4) is 5.75 Å². The van der Waals surface area contributed by atoms with Crippen LogP contribution in [0, 0.1) is 0 Å². The van der Waals surface area contributed by atoms with Gasteiger partial charge in [0.15, 0.2) is 0 Å². The van der Waals surface area contributed by atoms with E-state index in [4.69, 9.17) is 4.74 Å². The third kappa shape index (κ3) is 5.51. The summed E-state index contributed by atoms with van der Waals surface area (Å²) in [4.78, 5) is 0. The largest absolute Gasteiger partial charge is 0.494 e. The fourth-order valence-corrected chi connectivity index (χ4v) is 2.43. The van der Waals surface area contributed by atoms with E-state index in [2.05, 4.69) is 56.1 Å².